The van der Waals surface area contributed by atoms with E-state index in [-0.39, 0.29) is 53.5 Å². The summed E-state index contributed by atoms with van der Waals surface area (Å²) in [5.41, 5.74) is 3.20. The smallest absolute Gasteiger partial charge is 0.264 e. The molecular weight excluding hydrogens is 690 g/mol. The Balaban J connectivity index is 1.23. The number of piperidine rings is 1. The minimum absolute atomic E-state index is 0.0487. The number of nitrogens with zero attached hydrogens (tertiary/aromatic N) is 2. The molecule has 51 heavy (non-hydrogen) atoms. The number of allylic oxidation sites excluding steroid dienone is 1. The van der Waals surface area contributed by atoms with E-state index < -0.39 is 21.2 Å². The van der Waals surface area contributed by atoms with Crippen LogP contribution < -0.4 is 14.4 Å². The highest BCUT2D eigenvalue weighted by atomic mass is 35.5. The van der Waals surface area contributed by atoms with E-state index in [4.69, 9.17) is 21.1 Å². The summed E-state index contributed by atoms with van der Waals surface area (Å²) in [4.78, 5) is 30.9. The molecule has 12 heteroatoms. The van der Waals surface area contributed by atoms with Crippen LogP contribution >= 0.6 is 11.6 Å². The number of aliphatic hydroxyl groups excluding tert-OH is 1. The number of hydrogen-bond donors (Lipinski definition) is 2. The zero-order valence-electron chi connectivity index (χ0n) is 29.6. The molecule has 2 amide bonds. The number of hydrogen-bond acceptors (Lipinski definition) is 8. The highest BCUT2D eigenvalue weighted by Gasteiger charge is 2.45. The molecule has 2 bridgehead atoms. The lowest BCUT2D eigenvalue weighted by Gasteiger charge is -2.46. The molecule has 1 saturated carbocycles. The summed E-state index contributed by atoms with van der Waals surface area (Å²) >= 11 is 6.45. The van der Waals surface area contributed by atoms with Crippen LogP contribution in [-0.4, -0.2) is 87.1 Å². The maximum absolute atomic E-state index is 13.5. The van der Waals surface area contributed by atoms with Gasteiger partial charge in [0.2, 0.25) is 15.9 Å². The van der Waals surface area contributed by atoms with Crippen LogP contribution in [0.2, 0.25) is 5.02 Å². The number of halogens is 1. The van der Waals surface area contributed by atoms with Crippen molar-refractivity contribution in [2.75, 3.05) is 44.3 Å². The zero-order valence-corrected chi connectivity index (χ0v) is 31.1. The maximum Gasteiger partial charge on any atom is 0.264 e. The molecule has 5 aliphatic rings. The minimum atomic E-state index is -3.98. The highest BCUT2D eigenvalue weighted by molar-refractivity contribution is 7.90. The fourth-order valence-electron chi connectivity index (χ4n) is 8.69. The predicted octanol–water partition coefficient (Wildman–Crippen LogP) is 5.25. The van der Waals surface area contributed by atoms with Crippen molar-refractivity contribution in [3.63, 3.8) is 0 Å². The molecule has 0 aromatic heterocycles. The molecule has 2 aromatic carbocycles. The van der Waals surface area contributed by atoms with Gasteiger partial charge in [-0.3, -0.25) is 9.59 Å². The lowest BCUT2D eigenvalue weighted by Crippen LogP contribution is -2.50. The minimum Gasteiger partial charge on any atom is -0.490 e. The summed E-state index contributed by atoms with van der Waals surface area (Å²) in [5.74, 6) is 0.0490. The van der Waals surface area contributed by atoms with Crippen LogP contribution in [0.3, 0.4) is 0 Å². The summed E-state index contributed by atoms with van der Waals surface area (Å²) in [6.07, 6.45) is 9.74. The standard InChI is InChI=1S/C39H50ClN3O7S/c1-25-5-3-7-35(49-22-37(45)42-17-14-31(44)15-18-42)32-11-8-29(32)21-43-23-39(16-4-6-27-19-30(40)10-12-33(27)39)24-50-36-13-9-28(20-34(36)43)38(46)41-51(47,48)26(25)2/h3,7,9-10,12-13,19-20,25-26,29,31-32,35,44H,4-6,8,11,14-18,21-24H2,1-2H3,(H,41,46)/b7-3+/t25-,26+,29-,32+,35-,39-/m0/s1. The van der Waals surface area contributed by atoms with E-state index in [1.807, 2.05) is 25.1 Å². The van der Waals surface area contributed by atoms with Gasteiger partial charge in [0.15, 0.2) is 0 Å². The molecule has 2 aromatic rings. The molecule has 2 aliphatic carbocycles. The van der Waals surface area contributed by atoms with E-state index in [2.05, 4.69) is 21.8 Å². The van der Waals surface area contributed by atoms with Crippen LogP contribution in [0.4, 0.5) is 5.69 Å². The molecule has 2 fully saturated rings. The quantitative estimate of drug-likeness (QED) is 0.409. The summed E-state index contributed by atoms with van der Waals surface area (Å²) in [6, 6.07) is 11.4. The van der Waals surface area contributed by atoms with Crippen LogP contribution in [0.1, 0.15) is 80.3 Å². The van der Waals surface area contributed by atoms with E-state index in [0.717, 1.165) is 42.8 Å². The van der Waals surface area contributed by atoms with E-state index in [1.165, 1.54) is 11.1 Å². The van der Waals surface area contributed by atoms with Gasteiger partial charge in [0.05, 0.1) is 29.8 Å². The number of anilines is 1. The fraction of sp³-hybridized carbons (Fsp3) is 0.590. The Labute approximate surface area is 306 Å². The SMILES string of the molecule is C[C@@H]1[C@@H](C)C/C=C/[C@H](OCC(=O)N2CCC(O)CC2)[C@@H]2CC[C@H]2CN2C[C@@]3(CCCc4cc(Cl)ccc43)COc3ccc(cc32)C(=O)NS1(=O)=O. The number of likely N-dealkylation sites (tertiary alicyclic amines) is 1. The molecular formula is C39H50ClN3O7S. The first kappa shape index (κ1) is 36.2. The molecule has 0 unspecified atom stereocenters. The van der Waals surface area contributed by atoms with Gasteiger partial charge in [-0.25, -0.2) is 13.1 Å². The Kier molecular flexibility index (Phi) is 10.5. The van der Waals surface area contributed by atoms with Crippen molar-refractivity contribution in [2.24, 2.45) is 17.8 Å². The lowest BCUT2D eigenvalue weighted by atomic mass is 9.68. The Hall–Kier alpha value is -3.12. The molecule has 276 valence electrons. The summed E-state index contributed by atoms with van der Waals surface area (Å²) in [7, 11) is -3.98. The number of benzene rings is 2. The van der Waals surface area contributed by atoms with Crippen LogP contribution in [0.25, 0.3) is 0 Å². The first-order valence-corrected chi connectivity index (χ1v) is 20.5. The number of aryl methyl sites for hydroxylation is 1. The number of ether oxygens (including phenoxy) is 2. The summed E-state index contributed by atoms with van der Waals surface area (Å²) in [6.45, 7) is 6.31. The number of nitrogens with one attached hydrogen (secondary N) is 1. The highest BCUT2D eigenvalue weighted by Crippen LogP contribution is 2.47. The number of amides is 2. The molecule has 1 spiro atoms. The Morgan fingerprint density at radius 3 is 2.69 bits per heavy atom. The third-order valence-electron chi connectivity index (χ3n) is 12.2. The van der Waals surface area contributed by atoms with Crippen molar-refractivity contribution in [1.82, 2.24) is 9.62 Å². The third-order valence-corrected chi connectivity index (χ3v) is 14.4. The second kappa shape index (κ2) is 14.7. The topological polar surface area (TPSA) is 125 Å². The predicted molar refractivity (Wildman–Crippen MR) is 197 cm³/mol. The fourth-order valence-corrected chi connectivity index (χ4v) is 10.2. The molecule has 0 radical (unpaired) electrons. The van der Waals surface area contributed by atoms with Crippen LogP contribution in [0.5, 0.6) is 5.75 Å². The molecule has 3 heterocycles. The maximum atomic E-state index is 13.5. The van der Waals surface area contributed by atoms with Crippen molar-refractivity contribution < 1.29 is 32.6 Å². The van der Waals surface area contributed by atoms with E-state index in [9.17, 15) is 23.1 Å². The first-order valence-electron chi connectivity index (χ1n) is 18.5. The van der Waals surface area contributed by atoms with E-state index in [0.29, 0.717) is 57.8 Å². The van der Waals surface area contributed by atoms with Gasteiger partial charge in [0.25, 0.3) is 5.91 Å². The second-order valence-corrected chi connectivity index (χ2v) is 18.0. The van der Waals surface area contributed by atoms with Crippen LogP contribution in [0, 0.1) is 17.8 Å². The van der Waals surface area contributed by atoms with Gasteiger partial charge in [-0.15, -0.1) is 0 Å². The van der Waals surface area contributed by atoms with Crippen molar-refractivity contribution in [1.29, 1.82) is 0 Å². The summed E-state index contributed by atoms with van der Waals surface area (Å²) < 4.78 is 42.3. The van der Waals surface area contributed by atoms with Crippen molar-refractivity contribution in [3.05, 3.63) is 70.3 Å². The lowest BCUT2D eigenvalue weighted by molar-refractivity contribution is -0.141. The van der Waals surface area contributed by atoms with Gasteiger partial charge in [0.1, 0.15) is 12.4 Å². The van der Waals surface area contributed by atoms with Gasteiger partial charge in [-0.1, -0.05) is 36.7 Å². The number of carbonyl (C=O) groups is 2. The first-order chi connectivity index (χ1) is 24.4. The molecule has 1 saturated heterocycles. The van der Waals surface area contributed by atoms with Crippen LogP contribution in [-0.2, 0) is 31.4 Å². The Bertz CT molecular complexity index is 1780. The van der Waals surface area contributed by atoms with Gasteiger partial charge < -0.3 is 24.4 Å². The zero-order chi connectivity index (χ0) is 35.9. The van der Waals surface area contributed by atoms with E-state index >= 15 is 0 Å². The average molecular weight is 740 g/mol. The van der Waals surface area contributed by atoms with Crippen LogP contribution in [0.15, 0.2) is 48.6 Å². The number of rotatable bonds is 3. The van der Waals surface area contributed by atoms with Crippen molar-refractivity contribution in [2.45, 2.75) is 88.1 Å². The molecule has 3 aliphatic heterocycles. The Morgan fingerprint density at radius 2 is 1.92 bits per heavy atom. The number of sulfonamides is 1. The average Bonchev–Trinajstić information content (AvgIpc) is 3.24. The van der Waals surface area contributed by atoms with Crippen molar-refractivity contribution in [3.8, 4) is 5.75 Å². The molecule has 2 N–H and O–H groups in total. The largest absolute Gasteiger partial charge is 0.490 e. The number of carbonyl (C=O) groups excluding carboxylic acids is 2. The van der Waals surface area contributed by atoms with Gasteiger partial charge in [-0.05, 0) is 118 Å². The summed E-state index contributed by atoms with van der Waals surface area (Å²) in [5, 5.41) is 9.82. The Morgan fingerprint density at radius 1 is 1.12 bits per heavy atom. The van der Waals surface area contributed by atoms with E-state index in [1.54, 1.807) is 30.0 Å². The monoisotopic (exact) mass is 739 g/mol. The third kappa shape index (κ3) is 7.54. The normalized spacial score (nSPS) is 31.7. The number of fused-ring (bicyclic) bond motifs is 4. The second-order valence-electron chi connectivity index (χ2n) is 15.5. The number of aliphatic hydroxyl groups is 1. The van der Waals surface area contributed by atoms with Gasteiger partial charge in [-0.2, -0.15) is 0 Å². The molecule has 7 rings (SSSR count). The van der Waals surface area contributed by atoms with Crippen molar-refractivity contribution >= 4 is 39.1 Å². The van der Waals surface area contributed by atoms with Gasteiger partial charge >= 0.3 is 0 Å². The molecule has 10 nitrogen and oxygen atoms in total. The molecule has 6 atom stereocenters. The van der Waals surface area contributed by atoms with Gasteiger partial charge in [0, 0.05) is 42.2 Å².